The molecule has 1 aromatic heterocycles. The van der Waals surface area contributed by atoms with E-state index in [1.165, 1.54) is 12.1 Å². The zero-order chi connectivity index (χ0) is 17.9. The van der Waals surface area contributed by atoms with Gasteiger partial charge in [0.1, 0.15) is 18.2 Å². The first-order valence-corrected chi connectivity index (χ1v) is 7.12. The average Bonchev–Trinajstić information content (AvgIpc) is 2.52. The molecule has 1 aromatic carbocycles. The number of anilines is 1. The molecule has 0 saturated carbocycles. The molecular weight excluding hydrogens is 359 g/mol. The Kier molecular flexibility index (Phi) is 5.18. The van der Waals surface area contributed by atoms with Crippen LogP contribution in [-0.2, 0) is 11.3 Å². The van der Waals surface area contributed by atoms with Gasteiger partial charge in [0.25, 0.3) is 11.2 Å². The van der Waals surface area contributed by atoms with Crippen LogP contribution in [0.1, 0.15) is 5.56 Å². The highest BCUT2D eigenvalue weighted by molar-refractivity contribution is 6.39. The predicted octanol–water partition coefficient (Wildman–Crippen LogP) is 2.57. The van der Waals surface area contributed by atoms with Crippen molar-refractivity contribution < 1.29 is 9.72 Å². The fraction of sp³-hybridized carbons (Fsp3) is 0.0714. The molecule has 0 aliphatic heterocycles. The maximum Gasteiger partial charge on any atom is 0.287 e. The average molecular weight is 367 g/mol. The monoisotopic (exact) mass is 366 g/mol. The number of nitrogens with one attached hydrogen (secondary N) is 1. The number of hydrogen-bond donors (Lipinski definition) is 1. The summed E-state index contributed by atoms with van der Waals surface area (Å²) in [4.78, 5) is 34.1. The first-order valence-electron chi connectivity index (χ1n) is 6.36. The Hall–Kier alpha value is -2.89. The second-order valence-corrected chi connectivity index (χ2v) is 5.37. The number of nitro groups is 1. The molecule has 2 rings (SSSR count). The summed E-state index contributed by atoms with van der Waals surface area (Å²) in [6.07, 6.45) is 0.886. The summed E-state index contributed by atoms with van der Waals surface area (Å²) in [5.74, 6) is -0.684. The number of carbonyl (C=O) groups is 1. The summed E-state index contributed by atoms with van der Waals surface area (Å²) in [5, 5.41) is 22.5. The van der Waals surface area contributed by atoms with Crippen LogP contribution in [0, 0.1) is 21.4 Å². The molecule has 1 N–H and O–H groups in total. The van der Waals surface area contributed by atoms with Crippen molar-refractivity contribution in [3.05, 3.63) is 66.5 Å². The van der Waals surface area contributed by atoms with Crippen LogP contribution >= 0.6 is 23.2 Å². The molecule has 0 aliphatic carbocycles. The molecular formula is C14H8Cl2N4O4. The Morgan fingerprint density at radius 2 is 2.00 bits per heavy atom. The van der Waals surface area contributed by atoms with Crippen LogP contribution in [0.4, 0.5) is 11.4 Å². The Morgan fingerprint density at radius 3 is 2.54 bits per heavy atom. The van der Waals surface area contributed by atoms with Gasteiger partial charge in [-0.1, -0.05) is 29.3 Å². The highest BCUT2D eigenvalue weighted by Gasteiger charge is 2.16. The molecule has 1 heterocycles. The van der Waals surface area contributed by atoms with Crippen molar-refractivity contribution in [2.45, 2.75) is 6.54 Å². The number of rotatable bonds is 4. The van der Waals surface area contributed by atoms with Crippen LogP contribution in [0.5, 0.6) is 0 Å². The first-order chi connectivity index (χ1) is 11.3. The fourth-order valence-electron chi connectivity index (χ4n) is 1.87. The molecule has 0 spiro atoms. The van der Waals surface area contributed by atoms with E-state index in [1.807, 2.05) is 0 Å². The van der Waals surface area contributed by atoms with Gasteiger partial charge in [-0.15, -0.1) is 0 Å². The van der Waals surface area contributed by atoms with E-state index in [9.17, 15) is 19.7 Å². The number of halogens is 2. The van der Waals surface area contributed by atoms with E-state index < -0.39 is 34.2 Å². The lowest BCUT2D eigenvalue weighted by Crippen LogP contribution is -2.29. The molecule has 1 amide bonds. The number of hydrogen-bond acceptors (Lipinski definition) is 5. The highest BCUT2D eigenvalue weighted by Crippen LogP contribution is 2.29. The zero-order valence-corrected chi connectivity index (χ0v) is 13.3. The lowest BCUT2D eigenvalue weighted by Gasteiger charge is -2.10. The molecule has 0 saturated heterocycles. The van der Waals surface area contributed by atoms with E-state index in [1.54, 1.807) is 12.1 Å². The van der Waals surface area contributed by atoms with Crippen molar-refractivity contribution in [2.24, 2.45) is 0 Å². The molecule has 24 heavy (non-hydrogen) atoms. The zero-order valence-electron chi connectivity index (χ0n) is 11.8. The van der Waals surface area contributed by atoms with Gasteiger partial charge >= 0.3 is 0 Å². The fourth-order valence-corrected chi connectivity index (χ4v) is 2.36. The van der Waals surface area contributed by atoms with E-state index in [0.29, 0.717) is 0 Å². The maximum atomic E-state index is 12.1. The SMILES string of the molecule is N#Cc1cc([N+](=O)[O-])cn(CC(=O)Nc2c(Cl)cccc2Cl)c1=O. The Balaban J connectivity index is 2.33. The van der Waals surface area contributed by atoms with Crippen molar-refractivity contribution >= 4 is 40.5 Å². The molecule has 0 radical (unpaired) electrons. The standard InChI is InChI=1S/C14H8Cl2N4O4/c15-10-2-1-3-11(16)13(10)18-12(21)7-19-6-9(20(23)24)4-8(5-17)14(19)22/h1-4,6H,7H2,(H,18,21). The van der Waals surface area contributed by atoms with Gasteiger partial charge in [-0.05, 0) is 12.1 Å². The van der Waals surface area contributed by atoms with Gasteiger partial charge in [0, 0.05) is 6.07 Å². The van der Waals surface area contributed by atoms with Crippen LogP contribution in [0.15, 0.2) is 35.3 Å². The second kappa shape index (κ2) is 7.12. The van der Waals surface area contributed by atoms with Crippen molar-refractivity contribution in [1.82, 2.24) is 4.57 Å². The van der Waals surface area contributed by atoms with Crippen LogP contribution in [0.25, 0.3) is 0 Å². The Bertz CT molecular complexity index is 913. The third-order valence-corrected chi connectivity index (χ3v) is 3.57. The van der Waals surface area contributed by atoms with Gasteiger partial charge in [-0.3, -0.25) is 24.3 Å². The highest BCUT2D eigenvalue weighted by atomic mass is 35.5. The molecule has 0 atom stereocenters. The number of benzene rings is 1. The van der Waals surface area contributed by atoms with E-state index >= 15 is 0 Å². The van der Waals surface area contributed by atoms with Crippen LogP contribution in [-0.4, -0.2) is 15.4 Å². The number of aromatic nitrogens is 1. The first kappa shape index (κ1) is 17.5. The topological polar surface area (TPSA) is 118 Å². The lowest BCUT2D eigenvalue weighted by molar-refractivity contribution is -0.385. The summed E-state index contributed by atoms with van der Waals surface area (Å²) < 4.78 is 0.775. The number of nitrogens with zero attached hydrogens (tertiary/aromatic N) is 3. The van der Waals surface area contributed by atoms with Gasteiger partial charge in [-0.2, -0.15) is 5.26 Å². The molecule has 0 aliphatic rings. The molecule has 0 bridgehead atoms. The Labute approximate surface area is 145 Å². The summed E-state index contributed by atoms with van der Waals surface area (Å²) >= 11 is 11.8. The second-order valence-electron chi connectivity index (χ2n) is 4.56. The molecule has 8 nitrogen and oxygen atoms in total. The maximum absolute atomic E-state index is 12.1. The van der Waals surface area contributed by atoms with Gasteiger partial charge in [0.2, 0.25) is 5.91 Å². The summed E-state index contributed by atoms with van der Waals surface area (Å²) in [5.41, 5.74) is -1.57. The van der Waals surface area contributed by atoms with E-state index in [4.69, 9.17) is 28.5 Å². The quantitative estimate of drug-likeness (QED) is 0.658. The van der Waals surface area contributed by atoms with E-state index in [-0.39, 0.29) is 15.7 Å². The third kappa shape index (κ3) is 3.71. The van der Waals surface area contributed by atoms with Crippen molar-refractivity contribution in [1.29, 1.82) is 5.26 Å². The van der Waals surface area contributed by atoms with E-state index in [0.717, 1.165) is 16.8 Å². The number of para-hydroxylation sites is 1. The van der Waals surface area contributed by atoms with Crippen LogP contribution < -0.4 is 10.9 Å². The van der Waals surface area contributed by atoms with Gasteiger partial charge in [0.15, 0.2) is 0 Å². The molecule has 0 unspecified atom stereocenters. The summed E-state index contributed by atoms with van der Waals surface area (Å²) in [7, 11) is 0. The number of amides is 1. The lowest BCUT2D eigenvalue weighted by atomic mass is 10.2. The summed E-state index contributed by atoms with van der Waals surface area (Å²) in [6.45, 7) is -0.545. The summed E-state index contributed by atoms with van der Waals surface area (Å²) in [6, 6.07) is 7.02. The normalized spacial score (nSPS) is 10.0. The van der Waals surface area contributed by atoms with E-state index in [2.05, 4.69) is 5.32 Å². The number of pyridine rings is 1. The molecule has 122 valence electrons. The number of nitriles is 1. The minimum Gasteiger partial charge on any atom is -0.322 e. The van der Waals surface area contributed by atoms with Crippen LogP contribution in [0.2, 0.25) is 10.0 Å². The smallest absolute Gasteiger partial charge is 0.287 e. The molecule has 10 heteroatoms. The predicted molar refractivity (Wildman–Crippen MR) is 87.2 cm³/mol. The van der Waals surface area contributed by atoms with Crippen molar-refractivity contribution in [2.75, 3.05) is 5.32 Å². The van der Waals surface area contributed by atoms with Gasteiger partial charge in [-0.25, -0.2) is 0 Å². The largest absolute Gasteiger partial charge is 0.322 e. The molecule has 0 fully saturated rings. The van der Waals surface area contributed by atoms with Gasteiger partial charge < -0.3 is 5.32 Å². The minimum absolute atomic E-state index is 0.157. The van der Waals surface area contributed by atoms with Crippen molar-refractivity contribution in [3.63, 3.8) is 0 Å². The number of carbonyl (C=O) groups excluding carboxylic acids is 1. The van der Waals surface area contributed by atoms with Crippen LogP contribution in [0.3, 0.4) is 0 Å². The van der Waals surface area contributed by atoms with Crippen molar-refractivity contribution in [3.8, 4) is 6.07 Å². The Morgan fingerprint density at radius 1 is 1.38 bits per heavy atom. The third-order valence-electron chi connectivity index (χ3n) is 2.94. The minimum atomic E-state index is -0.816. The molecule has 2 aromatic rings. The van der Waals surface area contributed by atoms with Gasteiger partial charge in [0.05, 0.1) is 26.9 Å².